The van der Waals surface area contributed by atoms with Gasteiger partial charge in [0.05, 0.1) is 19.9 Å². The summed E-state index contributed by atoms with van der Waals surface area (Å²) in [7, 11) is 1.26. The highest BCUT2D eigenvalue weighted by molar-refractivity contribution is 7.89. The summed E-state index contributed by atoms with van der Waals surface area (Å²) in [5.74, 6) is 0.811. The molecule has 0 unspecified atom stereocenters. The Morgan fingerprint density at radius 2 is 1.75 bits per heavy atom. The van der Waals surface area contributed by atoms with E-state index in [-0.39, 0.29) is 4.90 Å². The molecule has 0 spiro atoms. The van der Waals surface area contributed by atoms with E-state index in [9.17, 15) is 8.42 Å². The van der Waals surface area contributed by atoms with Crippen LogP contribution in [0.25, 0.3) is 0 Å². The molecule has 0 amide bonds. The van der Waals surface area contributed by atoms with Gasteiger partial charge in [0.15, 0.2) is 0 Å². The van der Waals surface area contributed by atoms with Gasteiger partial charge in [0.2, 0.25) is 10.0 Å². The van der Waals surface area contributed by atoms with Gasteiger partial charge in [0.1, 0.15) is 16.4 Å². The van der Waals surface area contributed by atoms with E-state index in [1.165, 1.54) is 30.2 Å². The lowest BCUT2D eigenvalue weighted by Crippen LogP contribution is -2.48. The summed E-state index contributed by atoms with van der Waals surface area (Å²) in [4.78, 5) is 2.41. The summed E-state index contributed by atoms with van der Waals surface area (Å²) in [5.41, 5.74) is 3.39. The van der Waals surface area contributed by atoms with E-state index in [2.05, 4.69) is 16.9 Å². The third-order valence-corrected chi connectivity index (χ3v) is 7.28. The Balaban J connectivity index is 1.74. The number of piperazine rings is 1. The van der Waals surface area contributed by atoms with Crippen LogP contribution in [0.2, 0.25) is 0 Å². The minimum atomic E-state index is -3.66. The van der Waals surface area contributed by atoms with Gasteiger partial charge >= 0.3 is 0 Å². The molecule has 0 radical (unpaired) electrons. The molecule has 0 atom stereocenters. The number of nitrogens with zero attached hydrogens (tertiary/aromatic N) is 4. The van der Waals surface area contributed by atoms with Crippen LogP contribution in [0.1, 0.15) is 17.0 Å². The van der Waals surface area contributed by atoms with Crippen molar-refractivity contribution < 1.29 is 17.9 Å². The average molecular weight is 409 g/mol. The second-order valence-electron chi connectivity index (χ2n) is 6.97. The fourth-order valence-corrected chi connectivity index (χ4v) is 5.12. The van der Waals surface area contributed by atoms with Crippen LogP contribution in [0, 0.1) is 13.8 Å². The van der Waals surface area contributed by atoms with Crippen molar-refractivity contribution in [2.75, 3.05) is 40.4 Å². The standard InChI is InChI=1S/C19H28N4O4S/c1-14-17(15(2)21(3)20-14)13-22-8-10-23(11-9-22)28(24,25)19-12-16(26-4)6-7-18(19)27-5/h6-7,12H,8-11,13H2,1-5H3. The molecule has 1 saturated heterocycles. The van der Waals surface area contributed by atoms with Crippen LogP contribution >= 0.6 is 0 Å². The lowest BCUT2D eigenvalue weighted by molar-refractivity contribution is 0.181. The Morgan fingerprint density at radius 1 is 1.07 bits per heavy atom. The maximum Gasteiger partial charge on any atom is 0.246 e. The number of aryl methyl sites for hydroxylation is 2. The minimum Gasteiger partial charge on any atom is -0.497 e. The highest BCUT2D eigenvalue weighted by Crippen LogP contribution is 2.31. The molecule has 1 fully saturated rings. The maximum atomic E-state index is 13.2. The van der Waals surface area contributed by atoms with Crippen LogP contribution in [0.4, 0.5) is 0 Å². The van der Waals surface area contributed by atoms with E-state index in [0.717, 1.165) is 17.9 Å². The molecule has 0 saturated carbocycles. The Morgan fingerprint density at radius 3 is 2.29 bits per heavy atom. The minimum absolute atomic E-state index is 0.141. The fourth-order valence-electron chi connectivity index (χ4n) is 3.52. The van der Waals surface area contributed by atoms with Crippen molar-refractivity contribution in [2.45, 2.75) is 25.3 Å². The van der Waals surface area contributed by atoms with Gasteiger partial charge in [-0.2, -0.15) is 9.40 Å². The normalized spacial score (nSPS) is 16.3. The molecule has 3 rings (SSSR count). The molecule has 2 heterocycles. The van der Waals surface area contributed by atoms with Crippen LogP contribution in [0.15, 0.2) is 23.1 Å². The van der Waals surface area contributed by atoms with Gasteiger partial charge in [-0.3, -0.25) is 9.58 Å². The Hall–Kier alpha value is -2.10. The van der Waals surface area contributed by atoms with Crippen molar-refractivity contribution in [3.05, 3.63) is 35.2 Å². The first-order valence-corrected chi connectivity index (χ1v) is 10.7. The Kier molecular flexibility index (Phi) is 5.97. The molecule has 0 bridgehead atoms. The number of sulfonamides is 1. The lowest BCUT2D eigenvalue weighted by Gasteiger charge is -2.34. The van der Waals surface area contributed by atoms with Crippen molar-refractivity contribution >= 4 is 10.0 Å². The van der Waals surface area contributed by atoms with Gasteiger partial charge in [0, 0.05) is 57.1 Å². The average Bonchev–Trinajstić information content (AvgIpc) is 2.94. The first-order chi connectivity index (χ1) is 13.3. The molecular weight excluding hydrogens is 380 g/mol. The summed E-state index contributed by atoms with van der Waals surface area (Å²) >= 11 is 0. The number of benzene rings is 1. The number of hydrogen-bond acceptors (Lipinski definition) is 6. The van der Waals surface area contributed by atoms with Gasteiger partial charge in [-0.25, -0.2) is 8.42 Å². The van der Waals surface area contributed by atoms with Crippen LogP contribution in [-0.4, -0.2) is 67.8 Å². The first-order valence-electron chi connectivity index (χ1n) is 9.21. The van der Waals surface area contributed by atoms with E-state index in [1.807, 2.05) is 18.7 Å². The van der Waals surface area contributed by atoms with Gasteiger partial charge < -0.3 is 9.47 Å². The molecule has 0 N–H and O–H groups in total. The van der Waals surface area contributed by atoms with Crippen LogP contribution in [0.3, 0.4) is 0 Å². The zero-order valence-electron chi connectivity index (χ0n) is 17.1. The molecular formula is C19H28N4O4S. The number of methoxy groups -OCH3 is 2. The van der Waals surface area contributed by atoms with Gasteiger partial charge in [0.25, 0.3) is 0 Å². The van der Waals surface area contributed by atoms with E-state index >= 15 is 0 Å². The Labute approximate surface area is 166 Å². The Bertz CT molecular complexity index is 947. The first kappa shape index (κ1) is 20.6. The molecule has 154 valence electrons. The molecule has 28 heavy (non-hydrogen) atoms. The largest absolute Gasteiger partial charge is 0.497 e. The van der Waals surface area contributed by atoms with E-state index in [1.54, 1.807) is 12.1 Å². The van der Waals surface area contributed by atoms with Gasteiger partial charge in [-0.1, -0.05) is 0 Å². The van der Waals surface area contributed by atoms with E-state index < -0.39 is 10.0 Å². The van der Waals surface area contributed by atoms with E-state index in [4.69, 9.17) is 9.47 Å². The van der Waals surface area contributed by atoms with Crippen molar-refractivity contribution in [3.63, 3.8) is 0 Å². The second-order valence-corrected chi connectivity index (χ2v) is 8.88. The summed E-state index contributed by atoms with van der Waals surface area (Å²) < 4.78 is 40.2. The summed E-state index contributed by atoms with van der Waals surface area (Å²) in [6.45, 7) is 7.05. The molecule has 2 aromatic rings. The number of hydrogen-bond donors (Lipinski definition) is 0. The predicted octanol–water partition coefficient (Wildman–Crippen LogP) is 1.56. The van der Waals surface area contributed by atoms with Crippen LogP contribution < -0.4 is 9.47 Å². The lowest BCUT2D eigenvalue weighted by atomic mass is 10.1. The fraction of sp³-hybridized carbons (Fsp3) is 0.526. The molecule has 9 heteroatoms. The zero-order valence-corrected chi connectivity index (χ0v) is 17.9. The number of ether oxygens (including phenoxy) is 2. The molecule has 1 aromatic carbocycles. The SMILES string of the molecule is COc1ccc(OC)c(S(=O)(=O)N2CCN(Cc3c(C)nn(C)c3C)CC2)c1. The van der Waals surface area contributed by atoms with Gasteiger partial charge in [-0.05, 0) is 26.0 Å². The predicted molar refractivity (Wildman–Crippen MR) is 106 cm³/mol. The third-order valence-electron chi connectivity index (χ3n) is 5.36. The second kappa shape index (κ2) is 8.10. The van der Waals surface area contributed by atoms with Crippen LogP contribution in [-0.2, 0) is 23.6 Å². The third kappa shape index (κ3) is 3.87. The van der Waals surface area contributed by atoms with Crippen molar-refractivity contribution in [3.8, 4) is 11.5 Å². The van der Waals surface area contributed by atoms with Crippen molar-refractivity contribution in [2.24, 2.45) is 7.05 Å². The number of aromatic nitrogens is 2. The van der Waals surface area contributed by atoms with E-state index in [0.29, 0.717) is 37.7 Å². The summed E-state index contributed by atoms with van der Waals surface area (Å²) in [5, 5.41) is 4.46. The summed E-state index contributed by atoms with van der Waals surface area (Å²) in [6.07, 6.45) is 0. The maximum absolute atomic E-state index is 13.2. The molecule has 8 nitrogen and oxygen atoms in total. The molecule has 1 aliphatic heterocycles. The smallest absolute Gasteiger partial charge is 0.246 e. The zero-order chi connectivity index (χ0) is 20.5. The highest BCUT2D eigenvalue weighted by Gasteiger charge is 2.31. The number of rotatable bonds is 6. The van der Waals surface area contributed by atoms with Crippen LogP contribution in [0.5, 0.6) is 11.5 Å². The van der Waals surface area contributed by atoms with Crippen molar-refractivity contribution in [1.29, 1.82) is 0 Å². The monoisotopic (exact) mass is 408 g/mol. The molecule has 1 aromatic heterocycles. The highest BCUT2D eigenvalue weighted by atomic mass is 32.2. The quantitative estimate of drug-likeness (QED) is 0.722. The van der Waals surface area contributed by atoms with Crippen molar-refractivity contribution in [1.82, 2.24) is 19.0 Å². The summed E-state index contributed by atoms with van der Waals surface area (Å²) in [6, 6.07) is 4.83. The molecule has 0 aliphatic carbocycles. The molecule has 1 aliphatic rings. The van der Waals surface area contributed by atoms with Gasteiger partial charge in [-0.15, -0.1) is 0 Å². The topological polar surface area (TPSA) is 76.9 Å².